The van der Waals surface area contributed by atoms with Crippen molar-refractivity contribution < 1.29 is 14.3 Å². The molecule has 0 saturated heterocycles. The molecule has 0 saturated carbocycles. The summed E-state index contributed by atoms with van der Waals surface area (Å²) in [6.45, 7) is 1.64. The number of benzene rings is 2. The maximum Gasteiger partial charge on any atom is 0.274 e. The van der Waals surface area contributed by atoms with Gasteiger partial charge in [0, 0.05) is 5.56 Å². The van der Waals surface area contributed by atoms with E-state index in [9.17, 15) is 14.3 Å². The lowest BCUT2D eigenvalue weighted by atomic mass is 10.1. The quantitative estimate of drug-likeness (QED) is 0.666. The number of amides is 1. The second kappa shape index (κ2) is 5.97. The van der Waals surface area contributed by atoms with Crippen LogP contribution in [0.25, 0.3) is 0 Å². The fourth-order valence-corrected chi connectivity index (χ4v) is 1.68. The summed E-state index contributed by atoms with van der Waals surface area (Å²) in [5, 5.41) is 13.5. The summed E-state index contributed by atoms with van der Waals surface area (Å²) >= 11 is 0. The smallest absolute Gasteiger partial charge is 0.274 e. The van der Waals surface area contributed by atoms with Gasteiger partial charge in [-0.2, -0.15) is 5.10 Å². The van der Waals surface area contributed by atoms with Gasteiger partial charge in [-0.05, 0) is 31.2 Å². The number of nitrogens with zero attached hydrogens (tertiary/aromatic N) is 1. The Kier molecular flexibility index (Phi) is 4.10. The van der Waals surface area contributed by atoms with E-state index < -0.39 is 11.7 Å². The van der Waals surface area contributed by atoms with Gasteiger partial charge in [-0.3, -0.25) is 4.79 Å². The van der Waals surface area contributed by atoms with E-state index in [2.05, 4.69) is 10.5 Å². The Morgan fingerprint density at radius 1 is 1.10 bits per heavy atom. The molecule has 0 fully saturated rings. The number of hydrogen-bond donors (Lipinski definition) is 2. The molecule has 102 valence electrons. The standard InChI is InChI=1S/C15H13FN2O2/c1-10(11-6-3-5-9-14(11)19)17-18-15(20)12-7-2-4-8-13(12)16/h2-9,19H,1H3,(H,18,20)/b17-10+. The molecule has 0 aromatic heterocycles. The minimum atomic E-state index is -0.641. The van der Waals surface area contributed by atoms with Crippen molar-refractivity contribution in [1.82, 2.24) is 5.43 Å². The largest absolute Gasteiger partial charge is 0.507 e. The zero-order valence-electron chi connectivity index (χ0n) is 10.8. The van der Waals surface area contributed by atoms with Crippen LogP contribution >= 0.6 is 0 Å². The average molecular weight is 272 g/mol. The van der Waals surface area contributed by atoms with Crippen LogP contribution < -0.4 is 5.43 Å². The van der Waals surface area contributed by atoms with E-state index in [1.54, 1.807) is 31.2 Å². The van der Waals surface area contributed by atoms with Crippen molar-refractivity contribution in [3.05, 3.63) is 65.5 Å². The lowest BCUT2D eigenvalue weighted by Gasteiger charge is -2.05. The molecule has 20 heavy (non-hydrogen) atoms. The molecule has 2 aromatic rings. The van der Waals surface area contributed by atoms with Gasteiger partial charge in [-0.25, -0.2) is 9.82 Å². The van der Waals surface area contributed by atoms with Crippen molar-refractivity contribution in [2.24, 2.45) is 5.10 Å². The third-order valence-corrected chi connectivity index (χ3v) is 2.74. The summed E-state index contributed by atoms with van der Waals surface area (Å²) in [6, 6.07) is 12.3. The van der Waals surface area contributed by atoms with Crippen molar-refractivity contribution in [3.63, 3.8) is 0 Å². The second-order valence-electron chi connectivity index (χ2n) is 4.14. The van der Waals surface area contributed by atoms with Crippen molar-refractivity contribution in [1.29, 1.82) is 0 Å². The summed E-state index contributed by atoms with van der Waals surface area (Å²) in [5.41, 5.74) is 3.11. The summed E-state index contributed by atoms with van der Waals surface area (Å²) in [7, 11) is 0. The zero-order valence-corrected chi connectivity index (χ0v) is 10.8. The first-order chi connectivity index (χ1) is 9.59. The van der Waals surface area contributed by atoms with E-state index in [4.69, 9.17) is 0 Å². The number of phenolic OH excluding ortho intramolecular Hbond substituents is 1. The Hall–Kier alpha value is -2.69. The Labute approximate surface area is 115 Å². The van der Waals surface area contributed by atoms with Crippen LogP contribution in [0.5, 0.6) is 5.75 Å². The molecular weight excluding hydrogens is 259 g/mol. The molecule has 4 nitrogen and oxygen atoms in total. The molecule has 0 aliphatic heterocycles. The van der Waals surface area contributed by atoms with E-state index in [1.807, 2.05) is 0 Å². The number of halogens is 1. The number of rotatable bonds is 3. The SMILES string of the molecule is C/C(=N\NC(=O)c1ccccc1F)c1ccccc1O. The monoisotopic (exact) mass is 272 g/mol. The molecular formula is C15H13FN2O2. The van der Waals surface area contributed by atoms with Gasteiger partial charge in [-0.15, -0.1) is 0 Å². The van der Waals surface area contributed by atoms with Gasteiger partial charge in [0.25, 0.3) is 5.91 Å². The van der Waals surface area contributed by atoms with Crippen molar-refractivity contribution in [2.45, 2.75) is 6.92 Å². The minimum absolute atomic E-state index is 0.0638. The third-order valence-electron chi connectivity index (χ3n) is 2.74. The highest BCUT2D eigenvalue weighted by Crippen LogP contribution is 2.16. The van der Waals surface area contributed by atoms with Gasteiger partial charge in [-0.1, -0.05) is 24.3 Å². The van der Waals surface area contributed by atoms with Gasteiger partial charge >= 0.3 is 0 Å². The molecule has 0 aliphatic rings. The molecule has 2 aromatic carbocycles. The average Bonchev–Trinajstić information content (AvgIpc) is 2.45. The summed E-state index contributed by atoms with van der Waals surface area (Å²) in [5.74, 6) is -1.19. The van der Waals surface area contributed by atoms with E-state index in [1.165, 1.54) is 24.3 Å². The number of aromatic hydroxyl groups is 1. The molecule has 0 atom stereocenters. The van der Waals surface area contributed by atoms with Gasteiger partial charge in [0.2, 0.25) is 0 Å². The van der Waals surface area contributed by atoms with Crippen LogP contribution in [0, 0.1) is 5.82 Å². The number of phenols is 1. The Morgan fingerprint density at radius 3 is 2.35 bits per heavy atom. The highest BCUT2D eigenvalue weighted by atomic mass is 19.1. The first-order valence-corrected chi connectivity index (χ1v) is 5.97. The van der Waals surface area contributed by atoms with Crippen molar-refractivity contribution in [2.75, 3.05) is 0 Å². The molecule has 5 heteroatoms. The van der Waals surface area contributed by atoms with Crippen LogP contribution in [0.2, 0.25) is 0 Å². The molecule has 0 spiro atoms. The fraction of sp³-hybridized carbons (Fsp3) is 0.0667. The second-order valence-corrected chi connectivity index (χ2v) is 4.14. The van der Waals surface area contributed by atoms with E-state index in [0.717, 1.165) is 0 Å². The maximum absolute atomic E-state index is 13.4. The summed E-state index contributed by atoms with van der Waals surface area (Å²) in [6.07, 6.45) is 0. The van der Waals surface area contributed by atoms with Crippen molar-refractivity contribution in [3.8, 4) is 5.75 Å². The minimum Gasteiger partial charge on any atom is -0.507 e. The van der Waals surface area contributed by atoms with E-state index in [-0.39, 0.29) is 11.3 Å². The number of para-hydroxylation sites is 1. The Balaban J connectivity index is 2.16. The van der Waals surface area contributed by atoms with Crippen LogP contribution in [0.4, 0.5) is 4.39 Å². The maximum atomic E-state index is 13.4. The molecule has 2 N–H and O–H groups in total. The molecule has 0 aliphatic carbocycles. The third kappa shape index (κ3) is 3.00. The summed E-state index contributed by atoms with van der Waals surface area (Å²) < 4.78 is 13.4. The lowest BCUT2D eigenvalue weighted by Crippen LogP contribution is -2.20. The molecule has 0 heterocycles. The van der Waals surface area contributed by atoms with Crippen LogP contribution in [-0.2, 0) is 0 Å². The molecule has 1 amide bonds. The van der Waals surface area contributed by atoms with Gasteiger partial charge in [0.15, 0.2) is 0 Å². The van der Waals surface area contributed by atoms with Crippen molar-refractivity contribution >= 4 is 11.6 Å². The molecule has 0 unspecified atom stereocenters. The predicted octanol–water partition coefficient (Wildman–Crippen LogP) is 2.69. The number of hydrazone groups is 1. The molecule has 0 bridgehead atoms. The van der Waals surface area contributed by atoms with E-state index in [0.29, 0.717) is 11.3 Å². The fourth-order valence-electron chi connectivity index (χ4n) is 1.68. The lowest BCUT2D eigenvalue weighted by molar-refractivity contribution is 0.0951. The molecule has 2 rings (SSSR count). The number of carbonyl (C=O) groups is 1. The van der Waals surface area contributed by atoms with Gasteiger partial charge in [0.1, 0.15) is 11.6 Å². The highest BCUT2D eigenvalue weighted by Gasteiger charge is 2.10. The first kappa shape index (κ1) is 13.7. The van der Waals surface area contributed by atoms with Crippen LogP contribution in [0.1, 0.15) is 22.8 Å². The van der Waals surface area contributed by atoms with Gasteiger partial charge < -0.3 is 5.11 Å². The van der Waals surface area contributed by atoms with Crippen LogP contribution in [0.15, 0.2) is 53.6 Å². The normalized spacial score (nSPS) is 11.2. The topological polar surface area (TPSA) is 61.7 Å². The Morgan fingerprint density at radius 2 is 1.70 bits per heavy atom. The summed E-state index contributed by atoms with van der Waals surface area (Å²) in [4.78, 5) is 11.8. The molecule has 0 radical (unpaired) electrons. The number of nitrogens with one attached hydrogen (secondary N) is 1. The first-order valence-electron chi connectivity index (χ1n) is 5.97. The van der Waals surface area contributed by atoms with Crippen LogP contribution in [0.3, 0.4) is 0 Å². The predicted molar refractivity (Wildman–Crippen MR) is 74.2 cm³/mol. The van der Waals surface area contributed by atoms with E-state index >= 15 is 0 Å². The van der Waals surface area contributed by atoms with Gasteiger partial charge in [0.05, 0.1) is 11.3 Å². The number of hydrogen-bond acceptors (Lipinski definition) is 3. The Bertz CT molecular complexity index is 668. The number of carbonyl (C=O) groups excluding carboxylic acids is 1. The van der Waals surface area contributed by atoms with Crippen LogP contribution in [-0.4, -0.2) is 16.7 Å². The highest BCUT2D eigenvalue weighted by molar-refractivity contribution is 6.02. The zero-order chi connectivity index (χ0) is 14.5.